The highest BCUT2D eigenvalue weighted by molar-refractivity contribution is 5.77. The Hall–Kier alpha value is -3.08. The average molecular weight is 506 g/mol. The van der Waals surface area contributed by atoms with E-state index in [4.69, 9.17) is 5.73 Å². The van der Waals surface area contributed by atoms with Gasteiger partial charge in [-0.3, -0.25) is 4.79 Å². The lowest BCUT2D eigenvalue weighted by Gasteiger charge is -2.34. The van der Waals surface area contributed by atoms with Crippen molar-refractivity contribution in [3.05, 3.63) is 35.5 Å². The molecule has 1 amide bonds. The van der Waals surface area contributed by atoms with Gasteiger partial charge in [0.05, 0.1) is 11.3 Å². The summed E-state index contributed by atoms with van der Waals surface area (Å²) in [7, 11) is 2.00. The molecule has 36 heavy (non-hydrogen) atoms. The molecule has 196 valence electrons. The van der Waals surface area contributed by atoms with Gasteiger partial charge in [-0.25, -0.2) is 4.98 Å². The third-order valence-electron chi connectivity index (χ3n) is 7.20. The summed E-state index contributed by atoms with van der Waals surface area (Å²) in [5, 5.41) is 6.03. The molecule has 0 unspecified atom stereocenters. The first-order valence-electron chi connectivity index (χ1n) is 12.4. The molecule has 4 N–H and O–H groups in total. The molecular formula is C25H34F3N7O. The van der Waals surface area contributed by atoms with E-state index in [1.54, 1.807) is 12.3 Å². The van der Waals surface area contributed by atoms with Gasteiger partial charge in [0, 0.05) is 56.1 Å². The zero-order valence-corrected chi connectivity index (χ0v) is 20.7. The molecule has 4 rings (SSSR count). The molecule has 1 saturated carbocycles. The first-order valence-corrected chi connectivity index (χ1v) is 12.4. The second kappa shape index (κ2) is 10.9. The Morgan fingerprint density at radius 1 is 1.17 bits per heavy atom. The van der Waals surface area contributed by atoms with Gasteiger partial charge in [0.1, 0.15) is 5.82 Å². The predicted molar refractivity (Wildman–Crippen MR) is 134 cm³/mol. The monoisotopic (exact) mass is 505 g/mol. The molecule has 0 spiro atoms. The predicted octanol–water partition coefficient (Wildman–Crippen LogP) is 4.00. The van der Waals surface area contributed by atoms with Crippen molar-refractivity contribution < 1.29 is 18.0 Å². The van der Waals surface area contributed by atoms with Gasteiger partial charge in [-0.2, -0.15) is 18.2 Å². The van der Waals surface area contributed by atoms with Crippen LogP contribution in [0.3, 0.4) is 0 Å². The Labute approximate surface area is 209 Å². The number of rotatable bonds is 7. The number of amides is 1. The smallest absolute Gasteiger partial charge is 0.369 e. The van der Waals surface area contributed by atoms with Gasteiger partial charge in [0.15, 0.2) is 0 Å². The van der Waals surface area contributed by atoms with Crippen molar-refractivity contribution in [1.29, 1.82) is 0 Å². The van der Waals surface area contributed by atoms with Gasteiger partial charge in [-0.1, -0.05) is 12.8 Å². The van der Waals surface area contributed by atoms with E-state index in [9.17, 15) is 18.0 Å². The summed E-state index contributed by atoms with van der Waals surface area (Å²) >= 11 is 0. The molecule has 1 aromatic carbocycles. The first-order chi connectivity index (χ1) is 17.1. The third-order valence-corrected chi connectivity index (χ3v) is 7.20. The quantitative estimate of drug-likeness (QED) is 0.523. The minimum absolute atomic E-state index is 0.0658. The molecule has 8 nitrogen and oxygen atoms in total. The topological polar surface area (TPSA) is 99.4 Å². The third kappa shape index (κ3) is 6.18. The summed E-state index contributed by atoms with van der Waals surface area (Å²) < 4.78 is 41.9. The van der Waals surface area contributed by atoms with Crippen LogP contribution < -0.4 is 21.3 Å². The molecule has 1 aliphatic heterocycles. The van der Waals surface area contributed by atoms with E-state index in [0.29, 0.717) is 31.1 Å². The SMILES string of the molecule is Cc1cnc(Nc2ccc(N3CCN(C)CC3)cc2C(F)(F)F)nc1NC[C@@H]1CCCC[C@@H]1C(N)=O. The fourth-order valence-corrected chi connectivity index (χ4v) is 4.99. The van der Waals surface area contributed by atoms with Crippen LogP contribution in [-0.4, -0.2) is 60.5 Å². The van der Waals surface area contributed by atoms with Crippen molar-refractivity contribution in [3.63, 3.8) is 0 Å². The number of aromatic nitrogens is 2. The number of aryl methyl sites for hydroxylation is 1. The van der Waals surface area contributed by atoms with Crippen molar-refractivity contribution in [2.45, 2.75) is 38.8 Å². The van der Waals surface area contributed by atoms with E-state index in [-0.39, 0.29) is 29.4 Å². The van der Waals surface area contributed by atoms with Crippen molar-refractivity contribution >= 4 is 29.0 Å². The normalized spacial score (nSPS) is 21.3. The zero-order chi connectivity index (χ0) is 25.9. The lowest BCUT2D eigenvalue weighted by atomic mass is 9.79. The summed E-state index contributed by atoms with van der Waals surface area (Å²) in [5.74, 6) is 0.211. The molecule has 2 fully saturated rings. The average Bonchev–Trinajstić information content (AvgIpc) is 2.84. The van der Waals surface area contributed by atoms with E-state index in [1.165, 1.54) is 12.1 Å². The van der Waals surface area contributed by atoms with Crippen LogP contribution in [0, 0.1) is 18.8 Å². The second-order valence-corrected chi connectivity index (χ2v) is 9.80. The van der Waals surface area contributed by atoms with Gasteiger partial charge in [-0.05, 0) is 50.9 Å². The van der Waals surface area contributed by atoms with Crippen LogP contribution in [0.1, 0.15) is 36.8 Å². The molecule has 2 aromatic rings. The number of alkyl halides is 3. The van der Waals surface area contributed by atoms with Crippen LogP contribution in [0.15, 0.2) is 24.4 Å². The van der Waals surface area contributed by atoms with Gasteiger partial charge < -0.3 is 26.2 Å². The van der Waals surface area contributed by atoms with Gasteiger partial charge in [-0.15, -0.1) is 0 Å². The Morgan fingerprint density at radius 3 is 2.58 bits per heavy atom. The molecule has 0 radical (unpaired) electrons. The fourth-order valence-electron chi connectivity index (χ4n) is 4.99. The highest BCUT2D eigenvalue weighted by Crippen LogP contribution is 2.38. The van der Waals surface area contributed by atoms with E-state index in [0.717, 1.165) is 44.3 Å². The Balaban J connectivity index is 1.51. The summed E-state index contributed by atoms with van der Waals surface area (Å²) in [5.41, 5.74) is 6.02. The van der Waals surface area contributed by atoms with Crippen LogP contribution in [0.25, 0.3) is 0 Å². The Morgan fingerprint density at radius 2 is 1.89 bits per heavy atom. The van der Waals surface area contributed by atoms with Crippen molar-refractivity contribution in [1.82, 2.24) is 14.9 Å². The maximum absolute atomic E-state index is 14.0. The number of carbonyl (C=O) groups excluding carboxylic acids is 1. The number of carbonyl (C=O) groups is 1. The van der Waals surface area contributed by atoms with Crippen LogP contribution in [0.2, 0.25) is 0 Å². The van der Waals surface area contributed by atoms with Crippen LogP contribution in [-0.2, 0) is 11.0 Å². The maximum atomic E-state index is 14.0. The van der Waals surface area contributed by atoms with Crippen molar-refractivity contribution in [2.24, 2.45) is 17.6 Å². The summed E-state index contributed by atoms with van der Waals surface area (Å²) in [6.07, 6.45) is 0.722. The number of halogens is 3. The fraction of sp³-hybridized carbons (Fsp3) is 0.560. The molecule has 1 saturated heterocycles. The lowest BCUT2D eigenvalue weighted by Crippen LogP contribution is -2.44. The number of hydrogen-bond acceptors (Lipinski definition) is 7. The van der Waals surface area contributed by atoms with Gasteiger partial charge >= 0.3 is 6.18 Å². The number of nitrogens with two attached hydrogens (primary N) is 1. The molecule has 1 aromatic heterocycles. The van der Waals surface area contributed by atoms with Crippen LogP contribution in [0.4, 0.5) is 36.3 Å². The minimum Gasteiger partial charge on any atom is -0.369 e. The number of piperazine rings is 1. The number of likely N-dealkylation sites (N-methyl/N-ethyl adjacent to an activating group) is 1. The zero-order valence-electron chi connectivity index (χ0n) is 20.7. The number of hydrogen-bond donors (Lipinski definition) is 3. The minimum atomic E-state index is -4.54. The largest absolute Gasteiger partial charge is 0.418 e. The molecule has 2 atom stereocenters. The van der Waals surface area contributed by atoms with Crippen LogP contribution in [0.5, 0.6) is 0 Å². The second-order valence-electron chi connectivity index (χ2n) is 9.80. The van der Waals surface area contributed by atoms with E-state index in [2.05, 4.69) is 25.5 Å². The highest BCUT2D eigenvalue weighted by Gasteiger charge is 2.35. The van der Waals surface area contributed by atoms with E-state index < -0.39 is 11.7 Å². The highest BCUT2D eigenvalue weighted by atomic mass is 19.4. The summed E-state index contributed by atoms with van der Waals surface area (Å²) in [4.78, 5) is 24.6. The number of nitrogens with zero attached hydrogens (tertiary/aromatic N) is 4. The van der Waals surface area contributed by atoms with E-state index in [1.807, 2.05) is 18.9 Å². The van der Waals surface area contributed by atoms with Gasteiger partial charge in [0.25, 0.3) is 0 Å². The summed E-state index contributed by atoms with van der Waals surface area (Å²) in [6, 6.07) is 4.32. The molecule has 1 aliphatic carbocycles. The Kier molecular flexibility index (Phi) is 7.87. The maximum Gasteiger partial charge on any atom is 0.418 e. The van der Waals surface area contributed by atoms with Crippen molar-refractivity contribution in [3.8, 4) is 0 Å². The van der Waals surface area contributed by atoms with Crippen LogP contribution >= 0.6 is 0 Å². The number of nitrogens with one attached hydrogen (secondary N) is 2. The molecule has 0 bridgehead atoms. The standard InChI is InChI=1S/C25H34F3N7O/c1-16-14-31-24(33-23(16)30-15-17-5-3-4-6-19(17)22(29)36)32-21-8-7-18(13-20(21)25(26,27)28)35-11-9-34(2)10-12-35/h7-8,13-14,17,19H,3-6,9-12,15H2,1-2H3,(H2,29,36)(H2,30,31,32,33)/t17-,19-/m0/s1. The van der Waals surface area contributed by atoms with Crippen molar-refractivity contribution in [2.75, 3.05) is 55.3 Å². The number of primary amides is 1. The van der Waals surface area contributed by atoms with E-state index >= 15 is 0 Å². The first kappa shape index (κ1) is 26.0. The molecular weight excluding hydrogens is 471 g/mol. The lowest BCUT2D eigenvalue weighted by molar-refractivity contribution is -0.136. The molecule has 2 heterocycles. The number of benzene rings is 1. The molecule has 2 aliphatic rings. The number of anilines is 4. The van der Waals surface area contributed by atoms with Gasteiger partial charge in [0.2, 0.25) is 11.9 Å². The summed E-state index contributed by atoms with van der Waals surface area (Å²) in [6.45, 7) is 5.29. The molecule has 11 heteroatoms. The Bertz CT molecular complexity index is 1070.